The van der Waals surface area contributed by atoms with Gasteiger partial charge in [0.05, 0.1) is 25.1 Å². The molecule has 1 saturated heterocycles. The summed E-state index contributed by atoms with van der Waals surface area (Å²) >= 11 is 0. The predicted octanol–water partition coefficient (Wildman–Crippen LogP) is 1.70. The first kappa shape index (κ1) is 27.7. The second-order valence-corrected chi connectivity index (χ2v) is 9.75. The van der Waals surface area contributed by atoms with Crippen molar-refractivity contribution in [3.8, 4) is 5.75 Å². The number of ether oxygens (including phenoxy) is 1. The molecule has 11 nitrogen and oxygen atoms in total. The Morgan fingerprint density at radius 3 is 2.29 bits per heavy atom. The Morgan fingerprint density at radius 1 is 1.03 bits per heavy atom. The van der Waals surface area contributed by atoms with E-state index in [2.05, 4.69) is 4.98 Å². The molecule has 1 aromatic heterocycles. The van der Waals surface area contributed by atoms with Gasteiger partial charge in [-0.15, -0.1) is 0 Å². The van der Waals surface area contributed by atoms with Gasteiger partial charge in [-0.25, -0.2) is 22.3 Å². The fraction of sp³-hybridized carbons (Fsp3) is 0.391. The molecule has 0 unspecified atom stereocenters. The fourth-order valence-electron chi connectivity index (χ4n) is 3.38. The number of carbonyl (C=O) groups is 3. The lowest BCUT2D eigenvalue weighted by Gasteiger charge is -2.28. The van der Waals surface area contributed by atoms with Crippen molar-refractivity contribution in [3.63, 3.8) is 0 Å². The Labute approximate surface area is 204 Å². The predicted molar refractivity (Wildman–Crippen MR) is 126 cm³/mol. The van der Waals surface area contributed by atoms with Gasteiger partial charge in [0.25, 0.3) is 5.91 Å². The van der Waals surface area contributed by atoms with Crippen molar-refractivity contribution in [2.24, 2.45) is 0 Å². The molecule has 2 N–H and O–H groups in total. The fourth-order valence-corrected chi connectivity index (χ4v) is 4.90. The normalized spacial score (nSPS) is 13.7. The number of amides is 1. The van der Waals surface area contributed by atoms with Crippen LogP contribution in [0.25, 0.3) is 0 Å². The number of carboxylic acid groups (broad SMARTS) is 2. The van der Waals surface area contributed by atoms with E-state index < -0.39 is 22.0 Å². The van der Waals surface area contributed by atoms with E-state index in [9.17, 15) is 13.2 Å². The van der Waals surface area contributed by atoms with Gasteiger partial charge in [-0.05, 0) is 43.2 Å². The number of carbonyl (C=O) groups excluding carboxylic acids is 1. The quantitative estimate of drug-likeness (QED) is 0.508. The summed E-state index contributed by atoms with van der Waals surface area (Å²) < 4.78 is 32.3. The molecule has 12 heteroatoms. The molecule has 35 heavy (non-hydrogen) atoms. The van der Waals surface area contributed by atoms with Crippen molar-refractivity contribution in [1.82, 2.24) is 14.2 Å². The van der Waals surface area contributed by atoms with Crippen LogP contribution >= 0.6 is 0 Å². The summed E-state index contributed by atoms with van der Waals surface area (Å²) in [5.41, 5.74) is 1.16. The van der Waals surface area contributed by atoms with E-state index in [1.54, 1.807) is 52.8 Å². The number of hydrogen-bond donors (Lipinski definition) is 2. The number of rotatable bonds is 8. The van der Waals surface area contributed by atoms with Crippen molar-refractivity contribution in [2.45, 2.75) is 25.8 Å². The van der Waals surface area contributed by atoms with Gasteiger partial charge in [0.2, 0.25) is 10.0 Å². The van der Waals surface area contributed by atoms with Gasteiger partial charge in [-0.3, -0.25) is 9.78 Å². The van der Waals surface area contributed by atoms with Crippen LogP contribution in [-0.2, 0) is 26.2 Å². The molecule has 2 heterocycles. The molecule has 3 rings (SSSR count). The number of aliphatic carboxylic acids is 2. The van der Waals surface area contributed by atoms with Gasteiger partial charge >= 0.3 is 11.9 Å². The van der Waals surface area contributed by atoms with E-state index >= 15 is 0 Å². The van der Waals surface area contributed by atoms with Crippen LogP contribution in [0.5, 0.6) is 5.75 Å². The number of sulfonamides is 1. The third-order valence-electron chi connectivity index (χ3n) is 5.19. The summed E-state index contributed by atoms with van der Waals surface area (Å²) in [5, 5.41) is 14.8. The van der Waals surface area contributed by atoms with E-state index in [-0.39, 0.29) is 24.7 Å². The van der Waals surface area contributed by atoms with Gasteiger partial charge in [-0.2, -0.15) is 0 Å². The van der Waals surface area contributed by atoms with Gasteiger partial charge < -0.3 is 19.8 Å². The van der Waals surface area contributed by atoms with Crippen LogP contribution in [0.2, 0.25) is 0 Å². The van der Waals surface area contributed by atoms with Crippen molar-refractivity contribution >= 4 is 27.9 Å². The largest absolute Gasteiger partial charge is 0.497 e. The van der Waals surface area contributed by atoms with E-state index in [4.69, 9.17) is 24.5 Å². The Bertz CT molecular complexity index is 1090. The Kier molecular flexibility index (Phi) is 10.6. The summed E-state index contributed by atoms with van der Waals surface area (Å²) in [6, 6.07) is 12.4. The molecule has 0 spiro atoms. The molecular formula is C23H29N3O8S. The zero-order chi connectivity index (χ0) is 25.8. The van der Waals surface area contributed by atoms with Crippen LogP contribution in [0.15, 0.2) is 48.7 Å². The highest BCUT2D eigenvalue weighted by Crippen LogP contribution is 2.17. The van der Waals surface area contributed by atoms with E-state index in [0.717, 1.165) is 19.3 Å². The third kappa shape index (κ3) is 8.98. The summed E-state index contributed by atoms with van der Waals surface area (Å²) in [5.74, 6) is -3.42. The SMILES string of the molecule is COc1cccc(C(=O)N(CCS(=O)(=O)N2CCCCC2)Cc2ccccn2)c1.O=C(O)C(=O)O. The minimum atomic E-state index is -3.40. The molecule has 2 aromatic rings. The van der Waals surface area contributed by atoms with Gasteiger partial charge in [-0.1, -0.05) is 18.6 Å². The standard InChI is InChI=1S/C21H27N3O4S.C2H2O4/c1-28-20-10-7-8-18(16-20)21(25)23(17-19-9-3-4-11-22-19)14-15-29(26,27)24-12-5-2-6-13-24;3-1(4)2(5)6/h3-4,7-11,16H,2,5-6,12-15,17H2,1H3;(H,3,4)(H,5,6). The lowest BCUT2D eigenvalue weighted by Crippen LogP contribution is -2.41. The zero-order valence-electron chi connectivity index (χ0n) is 19.4. The average Bonchev–Trinajstić information content (AvgIpc) is 2.87. The van der Waals surface area contributed by atoms with E-state index in [0.29, 0.717) is 30.1 Å². The summed E-state index contributed by atoms with van der Waals surface area (Å²) in [6.45, 7) is 1.47. The van der Waals surface area contributed by atoms with E-state index in [1.807, 2.05) is 12.1 Å². The molecule has 1 amide bonds. The minimum Gasteiger partial charge on any atom is -0.497 e. The van der Waals surface area contributed by atoms with E-state index in [1.165, 1.54) is 0 Å². The Balaban J connectivity index is 0.000000641. The number of pyridine rings is 1. The molecule has 1 fully saturated rings. The van der Waals surface area contributed by atoms with Gasteiger partial charge in [0.15, 0.2) is 0 Å². The van der Waals surface area contributed by atoms with Crippen molar-refractivity contribution in [2.75, 3.05) is 32.5 Å². The zero-order valence-corrected chi connectivity index (χ0v) is 20.2. The number of benzene rings is 1. The molecule has 0 aliphatic carbocycles. The third-order valence-corrected chi connectivity index (χ3v) is 7.04. The topological polar surface area (TPSA) is 154 Å². The number of piperidine rings is 1. The van der Waals surface area contributed by atoms with Crippen LogP contribution in [0, 0.1) is 0 Å². The monoisotopic (exact) mass is 507 g/mol. The van der Waals surface area contributed by atoms with Crippen LogP contribution in [0.1, 0.15) is 35.3 Å². The summed E-state index contributed by atoms with van der Waals surface area (Å²) in [4.78, 5) is 37.2. The first-order valence-corrected chi connectivity index (χ1v) is 12.5. The van der Waals surface area contributed by atoms with Crippen LogP contribution in [-0.4, -0.2) is 83.2 Å². The van der Waals surface area contributed by atoms with Crippen LogP contribution in [0.4, 0.5) is 0 Å². The maximum absolute atomic E-state index is 13.1. The minimum absolute atomic E-state index is 0.102. The molecule has 1 aromatic carbocycles. The molecule has 0 saturated carbocycles. The van der Waals surface area contributed by atoms with Gasteiger partial charge in [0, 0.05) is 31.4 Å². The Morgan fingerprint density at radius 2 is 1.71 bits per heavy atom. The number of nitrogens with zero attached hydrogens (tertiary/aromatic N) is 3. The van der Waals surface area contributed by atoms with Crippen LogP contribution in [0.3, 0.4) is 0 Å². The molecule has 190 valence electrons. The second kappa shape index (κ2) is 13.4. The van der Waals surface area contributed by atoms with Crippen LogP contribution < -0.4 is 4.74 Å². The van der Waals surface area contributed by atoms with Crippen molar-refractivity contribution in [1.29, 1.82) is 0 Å². The number of methoxy groups -OCH3 is 1. The number of hydrogen-bond acceptors (Lipinski definition) is 7. The lowest BCUT2D eigenvalue weighted by molar-refractivity contribution is -0.159. The molecule has 0 bridgehead atoms. The molecular weight excluding hydrogens is 478 g/mol. The first-order chi connectivity index (χ1) is 16.6. The first-order valence-electron chi connectivity index (χ1n) is 10.9. The lowest BCUT2D eigenvalue weighted by atomic mass is 10.2. The average molecular weight is 508 g/mol. The highest BCUT2D eigenvalue weighted by atomic mass is 32.2. The number of carboxylic acids is 2. The number of aromatic nitrogens is 1. The maximum Gasteiger partial charge on any atom is 0.414 e. The smallest absolute Gasteiger partial charge is 0.414 e. The summed E-state index contributed by atoms with van der Waals surface area (Å²) in [7, 11) is -1.86. The Hall–Kier alpha value is -3.51. The molecule has 0 radical (unpaired) electrons. The molecule has 1 aliphatic heterocycles. The highest BCUT2D eigenvalue weighted by molar-refractivity contribution is 7.89. The van der Waals surface area contributed by atoms with Crippen molar-refractivity contribution < 1.29 is 37.8 Å². The van der Waals surface area contributed by atoms with Gasteiger partial charge in [0.1, 0.15) is 5.75 Å². The summed E-state index contributed by atoms with van der Waals surface area (Å²) in [6.07, 6.45) is 4.50. The molecule has 1 aliphatic rings. The van der Waals surface area contributed by atoms with Crippen molar-refractivity contribution in [3.05, 3.63) is 59.9 Å². The maximum atomic E-state index is 13.1. The highest BCUT2D eigenvalue weighted by Gasteiger charge is 2.26. The second-order valence-electron chi connectivity index (χ2n) is 7.67. The molecule has 0 atom stereocenters.